The number of aryl methyl sites for hydroxylation is 1. The van der Waals surface area contributed by atoms with Crippen molar-refractivity contribution < 1.29 is 4.74 Å². The van der Waals surface area contributed by atoms with Gasteiger partial charge in [-0.2, -0.15) is 0 Å². The van der Waals surface area contributed by atoms with Gasteiger partial charge in [-0.3, -0.25) is 0 Å². The van der Waals surface area contributed by atoms with Crippen LogP contribution in [-0.2, 0) is 11.3 Å². The fraction of sp³-hybridized carbons (Fsp3) is 0.333. The van der Waals surface area contributed by atoms with E-state index in [9.17, 15) is 0 Å². The predicted octanol–water partition coefficient (Wildman–Crippen LogP) is 4.04. The summed E-state index contributed by atoms with van der Waals surface area (Å²) in [5.74, 6) is 0. The van der Waals surface area contributed by atoms with Crippen LogP contribution in [0.1, 0.15) is 18.1 Å². The Morgan fingerprint density at radius 2 is 1.80 bits per heavy atom. The molecule has 0 radical (unpaired) electrons. The second-order valence-corrected chi connectivity index (χ2v) is 4.96. The Hall–Kier alpha value is -1.80. The first-order chi connectivity index (χ1) is 9.79. The Morgan fingerprint density at radius 1 is 1.00 bits per heavy atom. The molecule has 2 nitrogen and oxygen atoms in total. The number of nitrogens with zero attached hydrogens (tertiary/aromatic N) is 1. The highest BCUT2D eigenvalue weighted by atomic mass is 16.5. The number of likely N-dealkylation sites (N-methyl/N-ethyl adjacent to an activating group) is 1. The number of ether oxygens (including phenoxy) is 1. The van der Waals surface area contributed by atoms with Crippen LogP contribution in [0, 0.1) is 6.92 Å². The van der Waals surface area contributed by atoms with E-state index in [0.717, 1.165) is 19.7 Å². The van der Waals surface area contributed by atoms with Crippen molar-refractivity contribution in [2.24, 2.45) is 0 Å². The molecular formula is C18H23NO. The van der Waals surface area contributed by atoms with Gasteiger partial charge < -0.3 is 9.64 Å². The molecule has 2 aromatic carbocycles. The van der Waals surface area contributed by atoms with Crippen molar-refractivity contribution in [1.82, 2.24) is 0 Å². The van der Waals surface area contributed by atoms with E-state index in [0.29, 0.717) is 6.61 Å². The Morgan fingerprint density at radius 3 is 2.50 bits per heavy atom. The van der Waals surface area contributed by atoms with Crippen LogP contribution < -0.4 is 4.90 Å². The molecule has 0 fully saturated rings. The summed E-state index contributed by atoms with van der Waals surface area (Å²) < 4.78 is 5.76. The summed E-state index contributed by atoms with van der Waals surface area (Å²) in [5, 5.41) is 0. The lowest BCUT2D eigenvalue weighted by Crippen LogP contribution is -2.27. The van der Waals surface area contributed by atoms with E-state index in [4.69, 9.17) is 4.74 Å². The largest absolute Gasteiger partial charge is 0.375 e. The quantitative estimate of drug-likeness (QED) is 0.703. The van der Waals surface area contributed by atoms with Crippen molar-refractivity contribution in [2.45, 2.75) is 20.5 Å². The van der Waals surface area contributed by atoms with Gasteiger partial charge >= 0.3 is 0 Å². The summed E-state index contributed by atoms with van der Waals surface area (Å²) >= 11 is 0. The summed E-state index contributed by atoms with van der Waals surface area (Å²) in [6.45, 7) is 7.66. The molecule has 0 N–H and O–H groups in total. The molecule has 2 rings (SSSR count). The Kier molecular flexibility index (Phi) is 5.63. The smallest absolute Gasteiger partial charge is 0.0717 e. The third kappa shape index (κ3) is 4.39. The summed E-state index contributed by atoms with van der Waals surface area (Å²) in [6.07, 6.45) is 0. The lowest BCUT2D eigenvalue weighted by molar-refractivity contribution is 0.127. The van der Waals surface area contributed by atoms with E-state index in [1.165, 1.54) is 16.8 Å². The van der Waals surface area contributed by atoms with E-state index in [-0.39, 0.29) is 0 Å². The minimum atomic E-state index is 0.687. The average Bonchev–Trinajstić information content (AvgIpc) is 2.48. The molecule has 0 spiro atoms. The molecule has 0 atom stereocenters. The van der Waals surface area contributed by atoms with Gasteiger partial charge in [0.25, 0.3) is 0 Å². The Labute approximate surface area is 122 Å². The molecule has 2 aromatic rings. The highest BCUT2D eigenvalue weighted by Crippen LogP contribution is 2.15. The van der Waals surface area contributed by atoms with E-state index >= 15 is 0 Å². The summed E-state index contributed by atoms with van der Waals surface area (Å²) in [5.41, 5.74) is 3.80. The monoisotopic (exact) mass is 269 g/mol. The molecule has 0 bridgehead atoms. The standard InChI is InChI=1S/C18H23NO/c1-3-19(18-11-7-8-16(2)14-18)12-13-20-15-17-9-5-4-6-10-17/h4-11,14H,3,12-13,15H2,1-2H3. The van der Waals surface area contributed by atoms with Crippen LogP contribution in [0.15, 0.2) is 54.6 Å². The molecule has 0 aliphatic rings. The van der Waals surface area contributed by atoms with E-state index in [2.05, 4.69) is 55.1 Å². The van der Waals surface area contributed by atoms with Crippen LogP contribution in [0.25, 0.3) is 0 Å². The topological polar surface area (TPSA) is 12.5 Å². The van der Waals surface area contributed by atoms with E-state index in [1.807, 2.05) is 18.2 Å². The molecule has 0 saturated heterocycles. The lowest BCUT2D eigenvalue weighted by Gasteiger charge is -2.23. The van der Waals surface area contributed by atoms with Crippen LogP contribution >= 0.6 is 0 Å². The molecule has 0 aliphatic heterocycles. The van der Waals surface area contributed by atoms with Gasteiger partial charge in [0.05, 0.1) is 13.2 Å². The van der Waals surface area contributed by atoms with Crippen LogP contribution in [0.5, 0.6) is 0 Å². The van der Waals surface area contributed by atoms with Crippen LogP contribution in [0.2, 0.25) is 0 Å². The fourth-order valence-corrected chi connectivity index (χ4v) is 2.23. The van der Waals surface area contributed by atoms with Gasteiger partial charge in [-0.1, -0.05) is 42.5 Å². The van der Waals surface area contributed by atoms with Gasteiger partial charge in [0.2, 0.25) is 0 Å². The number of anilines is 1. The summed E-state index contributed by atoms with van der Waals surface area (Å²) in [6, 6.07) is 18.9. The molecule has 0 aromatic heterocycles. The highest BCUT2D eigenvalue weighted by molar-refractivity contribution is 5.48. The molecule has 106 valence electrons. The maximum absolute atomic E-state index is 5.76. The molecule has 0 heterocycles. The van der Waals surface area contributed by atoms with Crippen molar-refractivity contribution in [3.8, 4) is 0 Å². The van der Waals surface area contributed by atoms with Gasteiger partial charge in [-0.25, -0.2) is 0 Å². The van der Waals surface area contributed by atoms with Gasteiger partial charge in [-0.05, 0) is 37.1 Å². The maximum Gasteiger partial charge on any atom is 0.0717 e. The minimum absolute atomic E-state index is 0.687. The minimum Gasteiger partial charge on any atom is -0.375 e. The second-order valence-electron chi connectivity index (χ2n) is 4.96. The third-order valence-electron chi connectivity index (χ3n) is 3.37. The van der Waals surface area contributed by atoms with Crippen molar-refractivity contribution in [3.63, 3.8) is 0 Å². The zero-order valence-corrected chi connectivity index (χ0v) is 12.4. The predicted molar refractivity (Wildman–Crippen MR) is 85.2 cm³/mol. The first-order valence-corrected chi connectivity index (χ1v) is 7.23. The molecule has 0 aliphatic carbocycles. The number of benzene rings is 2. The molecule has 20 heavy (non-hydrogen) atoms. The molecule has 0 saturated carbocycles. The fourth-order valence-electron chi connectivity index (χ4n) is 2.23. The van der Waals surface area contributed by atoms with Crippen molar-refractivity contribution >= 4 is 5.69 Å². The molecular weight excluding hydrogens is 246 g/mol. The first kappa shape index (κ1) is 14.6. The molecule has 2 heteroatoms. The van der Waals surface area contributed by atoms with Crippen LogP contribution in [0.4, 0.5) is 5.69 Å². The highest BCUT2D eigenvalue weighted by Gasteiger charge is 2.04. The molecule has 0 unspecified atom stereocenters. The van der Waals surface area contributed by atoms with Crippen LogP contribution in [-0.4, -0.2) is 19.7 Å². The van der Waals surface area contributed by atoms with Crippen molar-refractivity contribution in [3.05, 3.63) is 65.7 Å². The van der Waals surface area contributed by atoms with Crippen LogP contribution in [0.3, 0.4) is 0 Å². The zero-order valence-electron chi connectivity index (χ0n) is 12.4. The third-order valence-corrected chi connectivity index (χ3v) is 3.37. The maximum atomic E-state index is 5.76. The summed E-state index contributed by atoms with van der Waals surface area (Å²) in [4.78, 5) is 2.35. The van der Waals surface area contributed by atoms with Crippen molar-refractivity contribution in [1.29, 1.82) is 0 Å². The van der Waals surface area contributed by atoms with Gasteiger partial charge in [0, 0.05) is 18.8 Å². The van der Waals surface area contributed by atoms with Crippen molar-refractivity contribution in [2.75, 3.05) is 24.6 Å². The summed E-state index contributed by atoms with van der Waals surface area (Å²) in [7, 11) is 0. The Balaban J connectivity index is 1.80. The van der Waals surface area contributed by atoms with E-state index in [1.54, 1.807) is 0 Å². The Bertz CT molecular complexity index is 510. The normalized spacial score (nSPS) is 10.5. The number of hydrogen-bond acceptors (Lipinski definition) is 2. The average molecular weight is 269 g/mol. The molecule has 0 amide bonds. The second kappa shape index (κ2) is 7.71. The first-order valence-electron chi connectivity index (χ1n) is 7.23. The van der Waals surface area contributed by atoms with Gasteiger partial charge in [0.15, 0.2) is 0 Å². The lowest BCUT2D eigenvalue weighted by atomic mass is 10.2. The SMILES string of the molecule is CCN(CCOCc1ccccc1)c1cccc(C)c1. The van der Waals surface area contributed by atoms with Gasteiger partial charge in [0.1, 0.15) is 0 Å². The van der Waals surface area contributed by atoms with Gasteiger partial charge in [-0.15, -0.1) is 0 Å². The zero-order chi connectivity index (χ0) is 14.2. The number of hydrogen-bond donors (Lipinski definition) is 0. The number of rotatable bonds is 7. The van der Waals surface area contributed by atoms with E-state index < -0.39 is 0 Å².